The number of carbonyl (C=O) groups is 1. The average Bonchev–Trinajstić information content (AvgIpc) is 2.47. The number of alkyl halides is 2. The Morgan fingerprint density at radius 2 is 2.05 bits per heavy atom. The van der Waals surface area contributed by atoms with E-state index in [0.717, 1.165) is 12.8 Å². The quantitative estimate of drug-likeness (QED) is 0.834. The van der Waals surface area contributed by atoms with E-state index >= 15 is 0 Å². The first-order valence-electron chi connectivity index (χ1n) is 8.22. The van der Waals surface area contributed by atoms with Gasteiger partial charge in [-0.25, -0.2) is 13.6 Å². The molecule has 5 nitrogen and oxygen atoms in total. The number of hydrogen-bond acceptors (Lipinski definition) is 3. The fourth-order valence-corrected chi connectivity index (χ4v) is 3.22. The first-order chi connectivity index (χ1) is 10.4. The molecule has 2 unspecified atom stereocenters. The highest BCUT2D eigenvalue weighted by Crippen LogP contribution is 2.34. The van der Waals surface area contributed by atoms with Crippen LogP contribution in [-0.2, 0) is 4.74 Å². The molecule has 2 atom stereocenters. The van der Waals surface area contributed by atoms with Gasteiger partial charge < -0.3 is 20.7 Å². The fourth-order valence-electron chi connectivity index (χ4n) is 3.22. The van der Waals surface area contributed by atoms with Gasteiger partial charge in [-0.05, 0) is 32.6 Å². The van der Waals surface area contributed by atoms with E-state index in [1.54, 1.807) is 4.90 Å². The molecule has 1 aliphatic heterocycles. The summed E-state index contributed by atoms with van der Waals surface area (Å²) in [6.45, 7) is 3.43. The molecule has 3 N–H and O–H groups in total. The summed E-state index contributed by atoms with van der Waals surface area (Å²) in [5.41, 5.74) is 6.14. The van der Waals surface area contributed by atoms with Gasteiger partial charge in [-0.15, -0.1) is 0 Å². The van der Waals surface area contributed by atoms with Crippen molar-refractivity contribution in [2.24, 2.45) is 5.73 Å². The van der Waals surface area contributed by atoms with E-state index < -0.39 is 5.92 Å². The van der Waals surface area contributed by atoms with E-state index in [0.29, 0.717) is 32.5 Å². The minimum Gasteiger partial charge on any atom is -0.376 e. The SMILES string of the molecule is CCNC(=O)N1CCCC(N)C1COC1CCC(F)(F)CC1. The number of likely N-dealkylation sites (tertiary alicyclic amines) is 1. The van der Waals surface area contributed by atoms with Crippen molar-refractivity contribution in [3.8, 4) is 0 Å². The minimum atomic E-state index is -2.55. The van der Waals surface area contributed by atoms with E-state index in [4.69, 9.17) is 10.5 Å². The van der Waals surface area contributed by atoms with Crippen molar-refractivity contribution in [2.75, 3.05) is 19.7 Å². The highest BCUT2D eigenvalue weighted by molar-refractivity contribution is 5.74. The molecule has 1 saturated heterocycles. The van der Waals surface area contributed by atoms with Crippen LogP contribution in [0.4, 0.5) is 13.6 Å². The summed E-state index contributed by atoms with van der Waals surface area (Å²) in [6, 6.07) is -0.425. The lowest BCUT2D eigenvalue weighted by Crippen LogP contribution is -2.59. The summed E-state index contributed by atoms with van der Waals surface area (Å²) in [6.07, 6.45) is 2.09. The van der Waals surface area contributed by atoms with Crippen LogP contribution >= 0.6 is 0 Å². The van der Waals surface area contributed by atoms with Crippen LogP contribution in [0.3, 0.4) is 0 Å². The predicted octanol–water partition coefficient (Wildman–Crippen LogP) is 2.10. The normalized spacial score (nSPS) is 29.4. The number of piperidine rings is 1. The second-order valence-electron chi connectivity index (χ2n) is 6.29. The van der Waals surface area contributed by atoms with Gasteiger partial charge in [-0.1, -0.05) is 0 Å². The second kappa shape index (κ2) is 7.55. The molecule has 0 bridgehead atoms. The smallest absolute Gasteiger partial charge is 0.317 e. The second-order valence-corrected chi connectivity index (χ2v) is 6.29. The maximum atomic E-state index is 13.2. The third-order valence-electron chi connectivity index (χ3n) is 4.59. The van der Waals surface area contributed by atoms with E-state index in [2.05, 4.69) is 5.32 Å². The van der Waals surface area contributed by atoms with Crippen LogP contribution < -0.4 is 11.1 Å². The average molecular weight is 319 g/mol. The van der Waals surface area contributed by atoms with Gasteiger partial charge in [-0.3, -0.25) is 0 Å². The Labute approximate surface area is 130 Å². The zero-order valence-corrected chi connectivity index (χ0v) is 13.2. The van der Waals surface area contributed by atoms with Crippen molar-refractivity contribution in [1.29, 1.82) is 0 Å². The molecule has 1 heterocycles. The fraction of sp³-hybridized carbons (Fsp3) is 0.933. The Kier molecular flexibility index (Phi) is 5.97. The molecule has 128 valence electrons. The van der Waals surface area contributed by atoms with Gasteiger partial charge in [0.05, 0.1) is 18.8 Å². The summed E-state index contributed by atoms with van der Waals surface area (Å²) in [5.74, 6) is -2.55. The molecule has 0 aromatic carbocycles. The number of halogens is 2. The Bertz CT molecular complexity index is 372. The molecule has 2 rings (SSSR count). The van der Waals surface area contributed by atoms with Gasteiger partial charge in [-0.2, -0.15) is 0 Å². The summed E-state index contributed by atoms with van der Waals surface area (Å²) in [7, 11) is 0. The van der Waals surface area contributed by atoms with Crippen LogP contribution in [0.1, 0.15) is 45.4 Å². The molecule has 0 aromatic heterocycles. The zero-order valence-electron chi connectivity index (χ0n) is 13.2. The molecule has 2 fully saturated rings. The highest BCUT2D eigenvalue weighted by Gasteiger charge is 2.37. The van der Waals surface area contributed by atoms with Crippen molar-refractivity contribution < 1.29 is 18.3 Å². The molecule has 0 radical (unpaired) electrons. The molecule has 7 heteroatoms. The van der Waals surface area contributed by atoms with Gasteiger partial charge >= 0.3 is 6.03 Å². The van der Waals surface area contributed by atoms with Crippen LogP contribution in [0.2, 0.25) is 0 Å². The van der Waals surface area contributed by atoms with Crippen LogP contribution in [0, 0.1) is 0 Å². The number of carbonyl (C=O) groups excluding carboxylic acids is 1. The first kappa shape index (κ1) is 17.4. The van der Waals surface area contributed by atoms with E-state index in [1.807, 2.05) is 6.92 Å². The number of urea groups is 1. The zero-order chi connectivity index (χ0) is 16.2. The summed E-state index contributed by atoms with van der Waals surface area (Å²) in [5, 5.41) is 2.79. The first-order valence-corrected chi connectivity index (χ1v) is 8.22. The Hall–Kier alpha value is -0.950. The summed E-state index contributed by atoms with van der Waals surface area (Å²) < 4.78 is 32.1. The molecule has 0 spiro atoms. The van der Waals surface area contributed by atoms with Crippen molar-refractivity contribution in [3.05, 3.63) is 0 Å². The number of nitrogens with one attached hydrogen (secondary N) is 1. The number of nitrogens with zero attached hydrogens (tertiary/aromatic N) is 1. The Morgan fingerprint density at radius 1 is 1.36 bits per heavy atom. The van der Waals surface area contributed by atoms with Gasteiger partial charge in [0, 0.05) is 32.0 Å². The molecule has 2 aliphatic rings. The largest absolute Gasteiger partial charge is 0.376 e. The lowest BCUT2D eigenvalue weighted by atomic mass is 9.93. The molecule has 2 amide bonds. The third kappa shape index (κ3) is 4.52. The minimum absolute atomic E-state index is 0.117. The van der Waals surface area contributed by atoms with Crippen molar-refractivity contribution in [2.45, 2.75) is 69.6 Å². The van der Waals surface area contributed by atoms with Gasteiger partial charge in [0.2, 0.25) is 5.92 Å². The number of amides is 2. The Morgan fingerprint density at radius 3 is 2.68 bits per heavy atom. The molecular weight excluding hydrogens is 292 g/mol. The number of rotatable bonds is 4. The van der Waals surface area contributed by atoms with Crippen LogP contribution in [0.15, 0.2) is 0 Å². The molecule has 0 aromatic rings. The standard InChI is InChI=1S/C15H27F2N3O2/c1-2-19-14(21)20-9-3-4-12(18)13(20)10-22-11-5-7-15(16,17)8-6-11/h11-13H,2-10,18H2,1H3,(H,19,21). The molecule has 22 heavy (non-hydrogen) atoms. The van der Waals surface area contributed by atoms with Crippen LogP contribution in [0.25, 0.3) is 0 Å². The van der Waals surface area contributed by atoms with Crippen LogP contribution in [-0.4, -0.2) is 54.7 Å². The summed E-state index contributed by atoms with van der Waals surface area (Å²) in [4.78, 5) is 13.8. The highest BCUT2D eigenvalue weighted by atomic mass is 19.3. The van der Waals surface area contributed by atoms with Crippen molar-refractivity contribution >= 4 is 6.03 Å². The topological polar surface area (TPSA) is 67.6 Å². The summed E-state index contributed by atoms with van der Waals surface area (Å²) >= 11 is 0. The van der Waals surface area contributed by atoms with E-state index in [1.165, 1.54) is 0 Å². The molecular formula is C15H27F2N3O2. The van der Waals surface area contributed by atoms with E-state index in [-0.39, 0.29) is 37.1 Å². The number of hydrogen-bond donors (Lipinski definition) is 2. The van der Waals surface area contributed by atoms with Crippen molar-refractivity contribution in [3.63, 3.8) is 0 Å². The van der Waals surface area contributed by atoms with Gasteiger partial charge in [0.25, 0.3) is 0 Å². The van der Waals surface area contributed by atoms with Crippen LogP contribution in [0.5, 0.6) is 0 Å². The molecule has 1 aliphatic carbocycles. The Balaban J connectivity index is 1.86. The lowest BCUT2D eigenvalue weighted by molar-refractivity contribution is -0.0884. The monoisotopic (exact) mass is 319 g/mol. The van der Waals surface area contributed by atoms with Crippen molar-refractivity contribution in [1.82, 2.24) is 10.2 Å². The maximum Gasteiger partial charge on any atom is 0.317 e. The lowest BCUT2D eigenvalue weighted by Gasteiger charge is -2.40. The number of nitrogens with two attached hydrogens (primary N) is 1. The van der Waals surface area contributed by atoms with Gasteiger partial charge in [0.1, 0.15) is 0 Å². The predicted molar refractivity (Wildman–Crippen MR) is 79.9 cm³/mol. The third-order valence-corrected chi connectivity index (χ3v) is 4.59. The number of ether oxygens (including phenoxy) is 1. The van der Waals surface area contributed by atoms with E-state index in [9.17, 15) is 13.6 Å². The van der Waals surface area contributed by atoms with Gasteiger partial charge in [0.15, 0.2) is 0 Å². The molecule has 1 saturated carbocycles. The maximum absolute atomic E-state index is 13.2.